The predicted octanol–water partition coefficient (Wildman–Crippen LogP) is 4.75. The number of hydrogen-bond acceptors (Lipinski definition) is 2. The summed E-state index contributed by atoms with van der Waals surface area (Å²) in [4.78, 5) is 11.5. The standard InChI is InChI=1S/C17H17F3O2/c1-10-4-3-5-12(6-10)9-13-7-11(2)8-14(15(13)21)16(22)17(18,19)20/h3-6,9,11,21H,7-8H2,1-2H3. The van der Waals surface area contributed by atoms with E-state index in [4.69, 9.17) is 0 Å². The van der Waals surface area contributed by atoms with E-state index in [9.17, 15) is 23.1 Å². The molecule has 0 aromatic heterocycles. The van der Waals surface area contributed by atoms with Crippen molar-refractivity contribution in [2.45, 2.75) is 32.9 Å². The van der Waals surface area contributed by atoms with E-state index in [-0.39, 0.29) is 12.3 Å². The van der Waals surface area contributed by atoms with Crippen LogP contribution in [0.1, 0.15) is 30.9 Å². The van der Waals surface area contributed by atoms with Crippen molar-refractivity contribution in [3.63, 3.8) is 0 Å². The molecule has 0 spiro atoms. The first-order valence-electron chi connectivity index (χ1n) is 6.99. The van der Waals surface area contributed by atoms with Gasteiger partial charge in [-0.25, -0.2) is 0 Å². The highest BCUT2D eigenvalue weighted by atomic mass is 19.4. The van der Waals surface area contributed by atoms with Gasteiger partial charge in [-0.1, -0.05) is 36.8 Å². The van der Waals surface area contributed by atoms with Crippen molar-refractivity contribution < 1.29 is 23.1 Å². The first-order chi connectivity index (χ1) is 10.2. The number of halogens is 3. The van der Waals surface area contributed by atoms with E-state index in [0.29, 0.717) is 12.0 Å². The van der Waals surface area contributed by atoms with E-state index in [1.807, 2.05) is 25.1 Å². The van der Waals surface area contributed by atoms with Gasteiger partial charge in [-0.15, -0.1) is 0 Å². The third-order valence-electron chi connectivity index (χ3n) is 3.63. The summed E-state index contributed by atoms with van der Waals surface area (Å²) in [6, 6.07) is 7.40. The fraction of sp³-hybridized carbons (Fsp3) is 0.353. The molecule has 0 heterocycles. The smallest absolute Gasteiger partial charge is 0.454 e. The number of hydrogen-bond donors (Lipinski definition) is 1. The first-order valence-corrected chi connectivity index (χ1v) is 6.99. The van der Waals surface area contributed by atoms with Gasteiger partial charge in [0, 0.05) is 5.57 Å². The number of allylic oxidation sites excluding steroid dienone is 2. The zero-order chi connectivity index (χ0) is 16.5. The summed E-state index contributed by atoms with van der Waals surface area (Å²) in [5, 5.41) is 10.1. The van der Waals surface area contributed by atoms with Crippen LogP contribution in [0.15, 0.2) is 41.2 Å². The molecule has 22 heavy (non-hydrogen) atoms. The number of ketones is 1. The molecule has 0 bridgehead atoms. The van der Waals surface area contributed by atoms with Crippen LogP contribution in [0.25, 0.3) is 6.08 Å². The van der Waals surface area contributed by atoms with E-state index in [1.54, 1.807) is 19.1 Å². The molecular formula is C17H17F3O2. The van der Waals surface area contributed by atoms with Crippen LogP contribution < -0.4 is 0 Å². The molecule has 0 saturated heterocycles. The first kappa shape index (κ1) is 16.3. The highest BCUT2D eigenvalue weighted by Gasteiger charge is 2.43. The van der Waals surface area contributed by atoms with Crippen molar-refractivity contribution in [3.8, 4) is 0 Å². The summed E-state index contributed by atoms with van der Waals surface area (Å²) in [5.41, 5.74) is 1.63. The SMILES string of the molecule is Cc1cccc(C=C2CC(C)CC(C(=O)C(F)(F)F)=C2O)c1. The average molecular weight is 310 g/mol. The van der Waals surface area contributed by atoms with Gasteiger partial charge < -0.3 is 5.11 Å². The summed E-state index contributed by atoms with van der Waals surface area (Å²) in [6.45, 7) is 3.67. The monoisotopic (exact) mass is 310 g/mol. The van der Waals surface area contributed by atoms with Crippen LogP contribution in [-0.4, -0.2) is 17.1 Å². The second-order valence-corrected chi connectivity index (χ2v) is 5.75. The van der Waals surface area contributed by atoms with Crippen LogP contribution >= 0.6 is 0 Å². The molecule has 1 aromatic carbocycles. The van der Waals surface area contributed by atoms with E-state index < -0.39 is 23.3 Å². The van der Waals surface area contributed by atoms with Crippen LogP contribution in [0.4, 0.5) is 13.2 Å². The van der Waals surface area contributed by atoms with Gasteiger partial charge in [0.15, 0.2) is 0 Å². The van der Waals surface area contributed by atoms with Crippen molar-refractivity contribution in [2.75, 3.05) is 0 Å². The van der Waals surface area contributed by atoms with Crippen molar-refractivity contribution in [2.24, 2.45) is 5.92 Å². The molecule has 2 rings (SSSR count). The topological polar surface area (TPSA) is 37.3 Å². The number of aliphatic hydroxyl groups is 1. The quantitative estimate of drug-likeness (QED) is 0.855. The maximum Gasteiger partial charge on any atom is 0.454 e. The average Bonchev–Trinajstić information content (AvgIpc) is 2.40. The van der Waals surface area contributed by atoms with Gasteiger partial charge in [-0.3, -0.25) is 4.79 Å². The molecule has 1 aromatic rings. The number of alkyl halides is 3. The molecule has 1 atom stereocenters. The lowest BCUT2D eigenvalue weighted by molar-refractivity contribution is -0.167. The number of aryl methyl sites for hydroxylation is 1. The third kappa shape index (κ3) is 3.59. The molecule has 0 saturated carbocycles. The maximum absolute atomic E-state index is 12.6. The highest BCUT2D eigenvalue weighted by Crippen LogP contribution is 2.36. The van der Waals surface area contributed by atoms with Crippen LogP contribution in [0.3, 0.4) is 0 Å². The molecule has 5 heteroatoms. The van der Waals surface area contributed by atoms with Crippen LogP contribution in [-0.2, 0) is 4.79 Å². The number of Topliss-reactive ketones (excluding diaryl/α,β-unsaturated/α-hetero) is 1. The largest absolute Gasteiger partial charge is 0.507 e. The molecule has 0 amide bonds. The summed E-state index contributed by atoms with van der Waals surface area (Å²) >= 11 is 0. The molecule has 1 aliphatic carbocycles. The van der Waals surface area contributed by atoms with E-state index in [1.165, 1.54) is 0 Å². The molecule has 0 radical (unpaired) electrons. The van der Waals surface area contributed by atoms with Gasteiger partial charge in [0.2, 0.25) is 0 Å². The lowest BCUT2D eigenvalue weighted by atomic mass is 9.83. The van der Waals surface area contributed by atoms with Gasteiger partial charge in [-0.05, 0) is 42.9 Å². The number of benzene rings is 1. The van der Waals surface area contributed by atoms with Gasteiger partial charge in [0.05, 0.1) is 0 Å². The summed E-state index contributed by atoms with van der Waals surface area (Å²) in [6.07, 6.45) is -2.94. The van der Waals surface area contributed by atoms with E-state index in [0.717, 1.165) is 11.1 Å². The number of aliphatic hydroxyl groups excluding tert-OH is 1. The minimum Gasteiger partial charge on any atom is -0.507 e. The number of carbonyl (C=O) groups is 1. The van der Waals surface area contributed by atoms with Crippen LogP contribution in [0.2, 0.25) is 0 Å². The molecule has 1 aliphatic rings. The Balaban J connectivity index is 2.45. The molecule has 1 unspecified atom stereocenters. The Morgan fingerprint density at radius 1 is 1.32 bits per heavy atom. The van der Waals surface area contributed by atoms with Crippen molar-refractivity contribution in [3.05, 3.63) is 52.3 Å². The second-order valence-electron chi connectivity index (χ2n) is 5.75. The van der Waals surface area contributed by atoms with Gasteiger partial charge in [0.25, 0.3) is 5.78 Å². The highest BCUT2D eigenvalue weighted by molar-refractivity contribution is 6.01. The Labute approximate surface area is 127 Å². The predicted molar refractivity (Wildman–Crippen MR) is 78.3 cm³/mol. The Morgan fingerprint density at radius 2 is 2.00 bits per heavy atom. The van der Waals surface area contributed by atoms with Crippen LogP contribution in [0.5, 0.6) is 0 Å². The fourth-order valence-electron chi connectivity index (χ4n) is 2.64. The van der Waals surface area contributed by atoms with E-state index >= 15 is 0 Å². The second kappa shape index (κ2) is 5.99. The lowest BCUT2D eigenvalue weighted by Crippen LogP contribution is -2.28. The van der Waals surface area contributed by atoms with Gasteiger partial charge in [0.1, 0.15) is 5.76 Å². The van der Waals surface area contributed by atoms with Crippen molar-refractivity contribution >= 4 is 11.9 Å². The molecule has 0 aliphatic heterocycles. The number of rotatable bonds is 2. The summed E-state index contributed by atoms with van der Waals surface area (Å²) in [7, 11) is 0. The van der Waals surface area contributed by atoms with Gasteiger partial charge in [-0.2, -0.15) is 13.2 Å². The van der Waals surface area contributed by atoms with Gasteiger partial charge >= 0.3 is 6.18 Å². The van der Waals surface area contributed by atoms with Crippen molar-refractivity contribution in [1.29, 1.82) is 0 Å². The summed E-state index contributed by atoms with van der Waals surface area (Å²) < 4.78 is 37.9. The van der Waals surface area contributed by atoms with Crippen LogP contribution in [0, 0.1) is 12.8 Å². The Kier molecular flexibility index (Phi) is 4.44. The molecular weight excluding hydrogens is 293 g/mol. The number of carbonyl (C=O) groups excluding carboxylic acids is 1. The molecule has 0 fully saturated rings. The fourth-order valence-corrected chi connectivity index (χ4v) is 2.64. The minimum absolute atomic E-state index is 0.0602. The molecule has 2 nitrogen and oxygen atoms in total. The molecule has 118 valence electrons. The zero-order valence-electron chi connectivity index (χ0n) is 12.4. The Bertz CT molecular complexity index is 654. The lowest BCUT2D eigenvalue weighted by Gasteiger charge is -2.24. The minimum atomic E-state index is -4.96. The Hall–Kier alpha value is -2.04. The zero-order valence-corrected chi connectivity index (χ0v) is 12.4. The van der Waals surface area contributed by atoms with E-state index in [2.05, 4.69) is 0 Å². The third-order valence-corrected chi connectivity index (χ3v) is 3.63. The summed E-state index contributed by atoms with van der Waals surface area (Å²) in [5.74, 6) is -2.61. The van der Waals surface area contributed by atoms with Crippen molar-refractivity contribution in [1.82, 2.24) is 0 Å². The Morgan fingerprint density at radius 3 is 2.59 bits per heavy atom. The molecule has 1 N–H and O–H groups in total. The maximum atomic E-state index is 12.6. The normalized spacial score (nSPS) is 21.3.